The molecule has 0 amide bonds. The van der Waals surface area contributed by atoms with Crippen molar-refractivity contribution >= 4 is 7.60 Å². The maximum absolute atomic E-state index is 14.2. The van der Waals surface area contributed by atoms with Gasteiger partial charge < -0.3 is 19.6 Å². The van der Waals surface area contributed by atoms with Crippen LogP contribution in [-0.4, -0.2) is 19.9 Å². The molecule has 0 aliphatic carbocycles. The molecule has 0 radical (unpaired) electrons. The Kier molecular flexibility index (Phi) is 4.87. The molecule has 6 nitrogen and oxygen atoms in total. The molecule has 0 saturated carbocycles. The molecule has 1 aromatic heterocycles. The molecule has 2 aromatic rings. The van der Waals surface area contributed by atoms with Crippen LogP contribution in [0.4, 0.5) is 4.39 Å². The van der Waals surface area contributed by atoms with E-state index in [2.05, 4.69) is 4.98 Å². The van der Waals surface area contributed by atoms with E-state index in [0.717, 1.165) is 11.8 Å². The van der Waals surface area contributed by atoms with Crippen LogP contribution in [-0.2, 0) is 16.8 Å². The Morgan fingerprint density at radius 3 is 2.43 bits per heavy atom. The molecule has 1 atom stereocenters. The van der Waals surface area contributed by atoms with E-state index in [-0.39, 0.29) is 17.9 Å². The molecule has 1 unspecified atom stereocenters. The number of hydrogen-bond acceptors (Lipinski definition) is 4. The highest BCUT2D eigenvalue weighted by molar-refractivity contribution is 7.52. The Morgan fingerprint density at radius 2 is 1.87 bits per heavy atom. The lowest BCUT2D eigenvalue weighted by atomic mass is 10.1. The van der Waals surface area contributed by atoms with Crippen LogP contribution in [0.2, 0.25) is 0 Å². The number of aryl methyl sites for hydroxylation is 1. The first-order valence-corrected chi connectivity index (χ1v) is 8.36. The van der Waals surface area contributed by atoms with Crippen LogP contribution in [0.15, 0.2) is 36.5 Å². The average Bonchev–Trinajstić information content (AvgIpc) is 2.46. The molecular weight excluding hydrogens is 324 g/mol. The quantitative estimate of drug-likeness (QED) is 0.723. The average molecular weight is 341 g/mol. The van der Waals surface area contributed by atoms with Crippen molar-refractivity contribution in [2.24, 2.45) is 0 Å². The molecule has 1 aromatic carbocycles. The zero-order valence-electron chi connectivity index (χ0n) is 12.6. The van der Waals surface area contributed by atoms with Gasteiger partial charge in [0, 0.05) is 11.8 Å². The molecule has 0 spiro atoms. The molecule has 2 rings (SSSR count). The molecule has 0 aliphatic rings. The van der Waals surface area contributed by atoms with E-state index >= 15 is 0 Å². The molecule has 8 heteroatoms. The Morgan fingerprint density at radius 1 is 1.26 bits per heavy atom. The maximum Gasteiger partial charge on any atom is 0.394 e. The Hall–Kier alpha value is -1.79. The fraction of sp³-hybridized carbons (Fsp3) is 0.267. The predicted molar refractivity (Wildman–Crippen MR) is 81.5 cm³/mol. The largest absolute Gasteiger partial charge is 0.487 e. The summed E-state index contributed by atoms with van der Waals surface area (Å²) in [6.07, 6.45) is 0.902. The van der Waals surface area contributed by atoms with Crippen molar-refractivity contribution in [2.75, 3.05) is 0 Å². The van der Waals surface area contributed by atoms with Gasteiger partial charge in [-0.05, 0) is 19.4 Å². The van der Waals surface area contributed by atoms with Crippen LogP contribution < -0.4 is 4.74 Å². The minimum atomic E-state index is -5.44. The number of hydrogen-bond donors (Lipinski definition) is 3. The summed E-state index contributed by atoms with van der Waals surface area (Å²) in [6.45, 7) is 3.20. The van der Waals surface area contributed by atoms with Gasteiger partial charge in [-0.2, -0.15) is 4.39 Å². The van der Waals surface area contributed by atoms with Gasteiger partial charge >= 0.3 is 13.2 Å². The number of nitrogens with zero attached hydrogens (tertiary/aromatic N) is 1. The van der Waals surface area contributed by atoms with Gasteiger partial charge in [0.05, 0.1) is 11.3 Å². The van der Waals surface area contributed by atoms with Gasteiger partial charge in [-0.25, -0.2) is 0 Å². The van der Waals surface area contributed by atoms with E-state index in [9.17, 15) is 14.1 Å². The summed E-state index contributed by atoms with van der Waals surface area (Å²) in [5.74, 6) is 0.177. The second-order valence-electron chi connectivity index (χ2n) is 5.12. The lowest BCUT2D eigenvalue weighted by Crippen LogP contribution is -2.22. The van der Waals surface area contributed by atoms with Crippen LogP contribution in [0.1, 0.15) is 22.4 Å². The fourth-order valence-corrected chi connectivity index (χ4v) is 2.67. The van der Waals surface area contributed by atoms with Gasteiger partial charge in [0.25, 0.3) is 0 Å². The van der Waals surface area contributed by atoms with E-state index in [1.54, 1.807) is 6.92 Å². The molecule has 3 N–H and O–H groups in total. The van der Waals surface area contributed by atoms with E-state index in [1.807, 2.05) is 30.3 Å². The third-order valence-electron chi connectivity index (χ3n) is 3.42. The standard InChI is InChI=1S/C15H17FNO5P/c1-10-13(15(16,18)23(19,20)21)8-17-11(2)14(10)22-9-12-6-4-3-5-7-12/h3-8,18H,9H2,1-2H3,(H2,19,20,21). The monoisotopic (exact) mass is 341 g/mol. The van der Waals surface area contributed by atoms with Gasteiger partial charge in [-0.15, -0.1) is 0 Å². The summed E-state index contributed by atoms with van der Waals surface area (Å²) in [5, 5.41) is 9.58. The minimum Gasteiger partial charge on any atom is -0.487 e. The predicted octanol–water partition coefficient (Wildman–Crippen LogP) is 2.53. The van der Waals surface area contributed by atoms with Crippen molar-refractivity contribution in [1.29, 1.82) is 0 Å². The summed E-state index contributed by atoms with van der Waals surface area (Å²) in [7, 11) is -5.44. The van der Waals surface area contributed by atoms with Crippen molar-refractivity contribution in [3.8, 4) is 5.75 Å². The van der Waals surface area contributed by atoms with Crippen molar-refractivity contribution < 1.29 is 28.6 Å². The molecule has 23 heavy (non-hydrogen) atoms. The van der Waals surface area contributed by atoms with E-state index in [0.29, 0.717) is 5.69 Å². The van der Waals surface area contributed by atoms with Gasteiger partial charge in [-0.1, -0.05) is 30.3 Å². The topological polar surface area (TPSA) is 99.9 Å². The summed E-state index contributed by atoms with van der Waals surface area (Å²) in [6, 6.07) is 9.19. The van der Waals surface area contributed by atoms with Crippen molar-refractivity contribution in [2.45, 2.75) is 26.1 Å². The molecule has 0 bridgehead atoms. The minimum absolute atomic E-state index is 0.0850. The third-order valence-corrected chi connectivity index (χ3v) is 4.43. The van der Waals surface area contributed by atoms with Crippen molar-refractivity contribution in [3.63, 3.8) is 0 Å². The van der Waals surface area contributed by atoms with E-state index in [4.69, 9.17) is 14.5 Å². The van der Waals surface area contributed by atoms with Gasteiger partial charge in [0.2, 0.25) is 0 Å². The second-order valence-corrected chi connectivity index (χ2v) is 6.80. The summed E-state index contributed by atoms with van der Waals surface area (Å²) in [4.78, 5) is 21.9. The number of aromatic nitrogens is 1. The number of ether oxygens (including phenoxy) is 1. The lowest BCUT2D eigenvalue weighted by Gasteiger charge is -2.23. The summed E-state index contributed by atoms with van der Waals surface area (Å²) >= 11 is 0. The molecular formula is C15H17FNO5P. The normalized spacial score (nSPS) is 14.3. The lowest BCUT2D eigenvalue weighted by molar-refractivity contribution is -0.0360. The molecule has 124 valence electrons. The number of rotatable bonds is 5. The maximum atomic E-state index is 14.2. The molecule has 0 aliphatic heterocycles. The Balaban J connectivity index is 2.38. The van der Waals surface area contributed by atoms with Gasteiger partial charge in [0.15, 0.2) is 0 Å². The highest BCUT2D eigenvalue weighted by Gasteiger charge is 2.49. The number of pyridine rings is 1. The van der Waals surface area contributed by atoms with Gasteiger partial charge in [-0.3, -0.25) is 9.55 Å². The first-order valence-electron chi connectivity index (χ1n) is 6.75. The van der Waals surface area contributed by atoms with Crippen LogP contribution >= 0.6 is 7.60 Å². The zero-order chi connectivity index (χ0) is 17.3. The number of halogens is 1. The summed E-state index contributed by atoms with van der Waals surface area (Å²) in [5.41, 5.74) is -3.06. The molecule has 0 saturated heterocycles. The van der Waals surface area contributed by atoms with Gasteiger partial charge in [0.1, 0.15) is 12.4 Å². The first kappa shape index (κ1) is 17.6. The second kappa shape index (κ2) is 6.37. The Labute approximate surface area is 132 Å². The van der Waals surface area contributed by atoms with Crippen LogP contribution in [0, 0.1) is 13.8 Å². The fourth-order valence-electron chi connectivity index (χ4n) is 2.13. The zero-order valence-corrected chi connectivity index (χ0v) is 13.5. The SMILES string of the molecule is Cc1ncc(C(O)(F)P(=O)(O)O)c(C)c1OCc1ccccc1. The molecule has 0 fully saturated rings. The molecule has 1 heterocycles. The van der Waals surface area contributed by atoms with E-state index in [1.165, 1.54) is 6.92 Å². The number of alkyl halides is 1. The highest BCUT2D eigenvalue weighted by atomic mass is 31.2. The first-order chi connectivity index (χ1) is 10.6. The van der Waals surface area contributed by atoms with Crippen LogP contribution in [0.3, 0.4) is 0 Å². The van der Waals surface area contributed by atoms with Crippen molar-refractivity contribution in [3.05, 3.63) is 58.9 Å². The summed E-state index contributed by atoms with van der Waals surface area (Å²) < 4.78 is 31.0. The third kappa shape index (κ3) is 3.59. The van der Waals surface area contributed by atoms with Crippen LogP contribution in [0.5, 0.6) is 5.75 Å². The number of benzene rings is 1. The van der Waals surface area contributed by atoms with Crippen molar-refractivity contribution in [1.82, 2.24) is 4.98 Å². The smallest absolute Gasteiger partial charge is 0.394 e. The van der Waals surface area contributed by atoms with E-state index < -0.39 is 18.8 Å². The highest BCUT2D eigenvalue weighted by Crippen LogP contribution is 2.57. The number of aliphatic hydroxyl groups is 1. The Bertz CT molecular complexity index is 745. The van der Waals surface area contributed by atoms with Crippen LogP contribution in [0.25, 0.3) is 0 Å².